The third-order valence-corrected chi connectivity index (χ3v) is 3.73. The molecule has 1 fully saturated rings. The molecule has 0 spiro atoms. The van der Waals surface area contributed by atoms with Gasteiger partial charge in [-0.2, -0.15) is 0 Å². The van der Waals surface area contributed by atoms with Gasteiger partial charge in [0.1, 0.15) is 5.54 Å². The van der Waals surface area contributed by atoms with E-state index < -0.39 is 11.5 Å². The van der Waals surface area contributed by atoms with Crippen molar-refractivity contribution in [2.24, 2.45) is 0 Å². The second-order valence-corrected chi connectivity index (χ2v) is 4.99. The van der Waals surface area contributed by atoms with Crippen LogP contribution >= 0.6 is 0 Å². The molecular formula is C13H25NO2. The fourth-order valence-corrected chi connectivity index (χ4v) is 2.69. The first-order valence-electron chi connectivity index (χ1n) is 6.65. The van der Waals surface area contributed by atoms with Crippen LogP contribution in [0.3, 0.4) is 0 Å². The molecule has 94 valence electrons. The highest BCUT2D eigenvalue weighted by Crippen LogP contribution is 2.29. The number of carboxylic acid groups (broad SMARTS) is 1. The summed E-state index contributed by atoms with van der Waals surface area (Å²) in [4.78, 5) is 11.5. The van der Waals surface area contributed by atoms with Crippen molar-refractivity contribution in [2.75, 3.05) is 0 Å². The Balaban J connectivity index is 2.65. The maximum atomic E-state index is 11.5. The zero-order chi connectivity index (χ0) is 12.0. The van der Waals surface area contributed by atoms with Gasteiger partial charge < -0.3 is 5.11 Å². The van der Waals surface area contributed by atoms with Crippen LogP contribution in [0.1, 0.15) is 65.2 Å². The average molecular weight is 227 g/mol. The second kappa shape index (κ2) is 6.24. The van der Waals surface area contributed by atoms with E-state index >= 15 is 0 Å². The van der Waals surface area contributed by atoms with Crippen molar-refractivity contribution >= 4 is 5.97 Å². The normalized spacial score (nSPS) is 21.6. The van der Waals surface area contributed by atoms with E-state index in [1.165, 1.54) is 6.42 Å². The van der Waals surface area contributed by atoms with Gasteiger partial charge in [0.2, 0.25) is 0 Å². The Labute approximate surface area is 98.6 Å². The van der Waals surface area contributed by atoms with Crippen LogP contribution in [0.2, 0.25) is 0 Å². The number of carbonyl (C=O) groups is 1. The molecule has 0 aliphatic heterocycles. The molecule has 16 heavy (non-hydrogen) atoms. The summed E-state index contributed by atoms with van der Waals surface area (Å²) in [7, 11) is 0. The van der Waals surface area contributed by atoms with Crippen molar-refractivity contribution in [1.82, 2.24) is 5.32 Å². The molecule has 0 aromatic rings. The van der Waals surface area contributed by atoms with Crippen LogP contribution in [0.5, 0.6) is 0 Å². The number of aliphatic carboxylic acids is 1. The fraction of sp³-hybridized carbons (Fsp3) is 0.923. The minimum Gasteiger partial charge on any atom is -0.480 e. The van der Waals surface area contributed by atoms with E-state index in [2.05, 4.69) is 19.2 Å². The lowest BCUT2D eigenvalue weighted by atomic mass is 9.80. The van der Waals surface area contributed by atoms with Crippen molar-refractivity contribution < 1.29 is 9.90 Å². The molecule has 0 saturated heterocycles. The smallest absolute Gasteiger partial charge is 0.323 e. The van der Waals surface area contributed by atoms with Crippen molar-refractivity contribution in [3.8, 4) is 0 Å². The van der Waals surface area contributed by atoms with E-state index in [0.717, 1.165) is 44.9 Å². The van der Waals surface area contributed by atoms with Gasteiger partial charge in [0.25, 0.3) is 0 Å². The number of rotatable bonds is 6. The molecule has 1 rings (SSSR count). The Kier molecular flexibility index (Phi) is 5.26. The highest BCUT2D eigenvalue weighted by Gasteiger charge is 2.40. The summed E-state index contributed by atoms with van der Waals surface area (Å²) in [6.07, 6.45) is 8.06. The Hall–Kier alpha value is -0.570. The largest absolute Gasteiger partial charge is 0.480 e. The maximum Gasteiger partial charge on any atom is 0.323 e. The first-order chi connectivity index (χ1) is 7.64. The topological polar surface area (TPSA) is 49.3 Å². The maximum absolute atomic E-state index is 11.5. The molecule has 0 amide bonds. The molecule has 1 aliphatic carbocycles. The van der Waals surface area contributed by atoms with Crippen LogP contribution in [0, 0.1) is 0 Å². The van der Waals surface area contributed by atoms with Crippen LogP contribution in [-0.4, -0.2) is 22.7 Å². The first kappa shape index (κ1) is 13.5. The minimum absolute atomic E-state index is 0.360. The lowest BCUT2D eigenvalue weighted by Crippen LogP contribution is -2.56. The van der Waals surface area contributed by atoms with Gasteiger partial charge in [0, 0.05) is 6.04 Å². The van der Waals surface area contributed by atoms with E-state index in [-0.39, 0.29) is 0 Å². The molecule has 0 radical (unpaired) electrons. The highest BCUT2D eigenvalue weighted by molar-refractivity contribution is 5.79. The monoisotopic (exact) mass is 227 g/mol. The van der Waals surface area contributed by atoms with Gasteiger partial charge in [-0.1, -0.05) is 39.5 Å². The third-order valence-electron chi connectivity index (χ3n) is 3.73. The number of hydrogen-bond acceptors (Lipinski definition) is 2. The summed E-state index contributed by atoms with van der Waals surface area (Å²) < 4.78 is 0. The predicted molar refractivity (Wildman–Crippen MR) is 65.6 cm³/mol. The summed E-state index contributed by atoms with van der Waals surface area (Å²) in [6.45, 7) is 4.28. The zero-order valence-electron chi connectivity index (χ0n) is 10.6. The molecule has 1 saturated carbocycles. The summed E-state index contributed by atoms with van der Waals surface area (Å²) in [5, 5.41) is 12.9. The lowest BCUT2D eigenvalue weighted by molar-refractivity contribution is -0.147. The number of nitrogens with one attached hydrogen (secondary N) is 1. The Morgan fingerprint density at radius 3 is 2.38 bits per heavy atom. The van der Waals surface area contributed by atoms with Crippen molar-refractivity contribution in [1.29, 1.82) is 0 Å². The fourth-order valence-electron chi connectivity index (χ4n) is 2.69. The van der Waals surface area contributed by atoms with E-state index in [9.17, 15) is 9.90 Å². The minimum atomic E-state index is -0.651. The summed E-state index contributed by atoms with van der Waals surface area (Å²) >= 11 is 0. The predicted octanol–water partition coefficient (Wildman–Crippen LogP) is 2.94. The molecule has 2 N–H and O–H groups in total. The van der Waals surface area contributed by atoms with Gasteiger partial charge in [-0.25, -0.2) is 0 Å². The zero-order valence-corrected chi connectivity index (χ0v) is 10.6. The molecule has 0 bridgehead atoms. The number of hydrogen-bond donors (Lipinski definition) is 2. The Morgan fingerprint density at radius 1 is 1.31 bits per heavy atom. The third kappa shape index (κ3) is 3.21. The molecule has 0 heterocycles. The van der Waals surface area contributed by atoms with Crippen LogP contribution < -0.4 is 5.32 Å². The Morgan fingerprint density at radius 2 is 1.94 bits per heavy atom. The summed E-state index contributed by atoms with van der Waals surface area (Å²) in [5.41, 5.74) is -0.631. The molecule has 1 atom stereocenters. The summed E-state index contributed by atoms with van der Waals surface area (Å²) in [6, 6.07) is 0.360. The molecule has 3 heteroatoms. The van der Waals surface area contributed by atoms with Gasteiger partial charge in [-0.15, -0.1) is 0 Å². The van der Waals surface area contributed by atoms with E-state index in [1.807, 2.05) is 0 Å². The van der Waals surface area contributed by atoms with Crippen molar-refractivity contribution in [2.45, 2.75) is 76.8 Å². The standard InChI is InChI=1S/C13H25NO2/c1-3-8-11(4-2)14-13(12(15)16)9-6-5-7-10-13/h11,14H,3-10H2,1-2H3,(H,15,16). The first-order valence-corrected chi connectivity index (χ1v) is 6.65. The molecule has 0 aromatic carbocycles. The number of carboxylic acids is 1. The van der Waals surface area contributed by atoms with E-state index in [1.54, 1.807) is 0 Å². The van der Waals surface area contributed by atoms with Gasteiger partial charge in [0.15, 0.2) is 0 Å². The van der Waals surface area contributed by atoms with Crippen LogP contribution in [0.25, 0.3) is 0 Å². The molecular weight excluding hydrogens is 202 g/mol. The van der Waals surface area contributed by atoms with E-state index in [0.29, 0.717) is 6.04 Å². The quantitative estimate of drug-likeness (QED) is 0.733. The Bertz CT molecular complexity index is 222. The molecule has 0 aromatic heterocycles. The average Bonchev–Trinajstić information content (AvgIpc) is 2.29. The van der Waals surface area contributed by atoms with Crippen LogP contribution in [-0.2, 0) is 4.79 Å². The van der Waals surface area contributed by atoms with Crippen molar-refractivity contribution in [3.05, 3.63) is 0 Å². The van der Waals surface area contributed by atoms with Crippen molar-refractivity contribution in [3.63, 3.8) is 0 Å². The van der Waals surface area contributed by atoms with Crippen LogP contribution in [0.15, 0.2) is 0 Å². The van der Waals surface area contributed by atoms with Gasteiger partial charge in [0.05, 0.1) is 0 Å². The van der Waals surface area contributed by atoms with Gasteiger partial charge in [-0.05, 0) is 25.7 Å². The molecule has 1 aliphatic rings. The lowest BCUT2D eigenvalue weighted by Gasteiger charge is -2.37. The van der Waals surface area contributed by atoms with E-state index in [4.69, 9.17) is 0 Å². The molecule has 1 unspecified atom stereocenters. The second-order valence-electron chi connectivity index (χ2n) is 4.99. The highest BCUT2D eigenvalue weighted by atomic mass is 16.4. The van der Waals surface area contributed by atoms with Gasteiger partial charge in [-0.3, -0.25) is 10.1 Å². The van der Waals surface area contributed by atoms with Gasteiger partial charge >= 0.3 is 5.97 Å². The SMILES string of the molecule is CCCC(CC)NC1(C(=O)O)CCCCC1. The van der Waals surface area contributed by atoms with Crippen LogP contribution in [0.4, 0.5) is 0 Å². The summed E-state index contributed by atoms with van der Waals surface area (Å²) in [5.74, 6) is -0.651. The molecule has 3 nitrogen and oxygen atoms in total.